The van der Waals surface area contributed by atoms with Gasteiger partial charge < -0.3 is 10.5 Å². The van der Waals surface area contributed by atoms with Crippen molar-refractivity contribution in [3.8, 4) is 0 Å². The van der Waals surface area contributed by atoms with Crippen LogP contribution < -0.4 is 5.73 Å². The van der Waals surface area contributed by atoms with E-state index in [1.807, 2.05) is 13.8 Å². The van der Waals surface area contributed by atoms with Crippen molar-refractivity contribution in [3.05, 3.63) is 0 Å². The van der Waals surface area contributed by atoms with Crippen LogP contribution in [-0.2, 0) is 9.53 Å². The zero-order chi connectivity index (χ0) is 10.6. The molecule has 0 bridgehead atoms. The van der Waals surface area contributed by atoms with Gasteiger partial charge in [0.1, 0.15) is 0 Å². The van der Waals surface area contributed by atoms with Gasteiger partial charge in [0, 0.05) is 5.54 Å². The number of esters is 1. The summed E-state index contributed by atoms with van der Waals surface area (Å²) in [5.74, 6) is 0.566. The fourth-order valence-electron chi connectivity index (χ4n) is 1.97. The van der Waals surface area contributed by atoms with Gasteiger partial charge in [-0.2, -0.15) is 0 Å². The molecule has 2 N–H and O–H groups in total. The van der Waals surface area contributed by atoms with Crippen LogP contribution in [0.15, 0.2) is 0 Å². The molecule has 1 unspecified atom stereocenters. The SMILES string of the molecule is CCOC(=O)CC(C)(N)CC1CCC1. The highest BCUT2D eigenvalue weighted by atomic mass is 16.5. The van der Waals surface area contributed by atoms with Crippen molar-refractivity contribution < 1.29 is 9.53 Å². The monoisotopic (exact) mass is 199 g/mol. The van der Waals surface area contributed by atoms with Crippen LogP contribution in [0.3, 0.4) is 0 Å². The largest absolute Gasteiger partial charge is 0.466 e. The Labute approximate surface area is 86.0 Å². The molecular formula is C11H21NO2. The van der Waals surface area contributed by atoms with Gasteiger partial charge in [0.25, 0.3) is 0 Å². The minimum atomic E-state index is -0.378. The maximum Gasteiger partial charge on any atom is 0.307 e. The molecule has 1 saturated carbocycles. The first-order chi connectivity index (χ1) is 6.53. The minimum Gasteiger partial charge on any atom is -0.466 e. The second-order valence-corrected chi connectivity index (χ2v) is 4.64. The van der Waals surface area contributed by atoms with Gasteiger partial charge in [0.15, 0.2) is 0 Å². The molecule has 3 nitrogen and oxygen atoms in total. The fourth-order valence-corrected chi connectivity index (χ4v) is 1.97. The van der Waals surface area contributed by atoms with Crippen LogP contribution in [0.2, 0.25) is 0 Å². The van der Waals surface area contributed by atoms with Crippen molar-refractivity contribution in [1.29, 1.82) is 0 Å². The van der Waals surface area contributed by atoms with Gasteiger partial charge in [-0.3, -0.25) is 4.79 Å². The van der Waals surface area contributed by atoms with Crippen LogP contribution in [0.5, 0.6) is 0 Å². The van der Waals surface area contributed by atoms with Crippen LogP contribution >= 0.6 is 0 Å². The molecule has 82 valence electrons. The molecule has 14 heavy (non-hydrogen) atoms. The van der Waals surface area contributed by atoms with E-state index in [0.717, 1.165) is 12.3 Å². The van der Waals surface area contributed by atoms with Crippen LogP contribution in [0.25, 0.3) is 0 Å². The predicted octanol–water partition coefficient (Wildman–Crippen LogP) is 1.85. The number of ether oxygens (including phenoxy) is 1. The highest BCUT2D eigenvalue weighted by molar-refractivity contribution is 5.70. The van der Waals surface area contributed by atoms with E-state index in [0.29, 0.717) is 13.0 Å². The number of nitrogens with two attached hydrogens (primary N) is 1. The molecule has 0 heterocycles. The summed E-state index contributed by atoms with van der Waals surface area (Å²) < 4.78 is 4.89. The van der Waals surface area contributed by atoms with Crippen LogP contribution in [-0.4, -0.2) is 18.1 Å². The summed E-state index contributed by atoms with van der Waals surface area (Å²) in [5.41, 5.74) is 5.68. The molecule has 1 aliphatic rings. The maximum absolute atomic E-state index is 11.2. The fraction of sp³-hybridized carbons (Fsp3) is 0.909. The zero-order valence-corrected chi connectivity index (χ0v) is 9.21. The molecule has 0 aromatic heterocycles. The van der Waals surface area contributed by atoms with Crippen LogP contribution in [0, 0.1) is 5.92 Å². The molecular weight excluding hydrogens is 178 g/mol. The summed E-state index contributed by atoms with van der Waals surface area (Å²) in [4.78, 5) is 11.2. The van der Waals surface area contributed by atoms with Gasteiger partial charge in [-0.05, 0) is 26.2 Å². The first kappa shape index (κ1) is 11.5. The van der Waals surface area contributed by atoms with E-state index in [4.69, 9.17) is 10.5 Å². The van der Waals surface area contributed by atoms with E-state index < -0.39 is 0 Å². The lowest BCUT2D eigenvalue weighted by molar-refractivity contribution is -0.144. The Morgan fingerprint density at radius 1 is 1.57 bits per heavy atom. The van der Waals surface area contributed by atoms with Gasteiger partial charge >= 0.3 is 5.97 Å². The highest BCUT2D eigenvalue weighted by Gasteiger charge is 2.29. The summed E-state index contributed by atoms with van der Waals surface area (Å²) in [6.07, 6.45) is 5.16. The molecule has 1 rings (SSSR count). The lowest BCUT2D eigenvalue weighted by Gasteiger charge is -2.33. The lowest BCUT2D eigenvalue weighted by Crippen LogP contribution is -2.42. The van der Waals surface area contributed by atoms with E-state index in [2.05, 4.69) is 0 Å². The summed E-state index contributed by atoms with van der Waals surface area (Å²) in [6.45, 7) is 4.21. The number of carbonyl (C=O) groups excluding carboxylic acids is 1. The molecule has 1 fully saturated rings. The third-order valence-electron chi connectivity index (χ3n) is 2.83. The minimum absolute atomic E-state index is 0.170. The average molecular weight is 199 g/mol. The first-order valence-electron chi connectivity index (χ1n) is 5.48. The van der Waals surface area contributed by atoms with Gasteiger partial charge in [-0.1, -0.05) is 19.3 Å². The second kappa shape index (κ2) is 4.78. The number of rotatable bonds is 5. The highest BCUT2D eigenvalue weighted by Crippen LogP contribution is 2.33. The van der Waals surface area contributed by atoms with Crippen LogP contribution in [0.1, 0.15) is 46.0 Å². The Kier molecular flexibility index (Phi) is 3.93. The van der Waals surface area contributed by atoms with Gasteiger partial charge in [0.2, 0.25) is 0 Å². The molecule has 0 aromatic carbocycles. The Morgan fingerprint density at radius 2 is 2.21 bits per heavy atom. The topological polar surface area (TPSA) is 52.3 Å². The van der Waals surface area contributed by atoms with Gasteiger partial charge in [0.05, 0.1) is 13.0 Å². The lowest BCUT2D eigenvalue weighted by atomic mass is 9.76. The summed E-state index contributed by atoms with van der Waals surface area (Å²) >= 11 is 0. The molecule has 0 radical (unpaired) electrons. The standard InChI is InChI=1S/C11H21NO2/c1-3-14-10(13)8-11(2,12)7-9-5-4-6-9/h9H,3-8,12H2,1-2H3. The molecule has 1 aliphatic carbocycles. The van der Waals surface area contributed by atoms with Crippen molar-refractivity contribution in [2.75, 3.05) is 6.61 Å². The zero-order valence-electron chi connectivity index (χ0n) is 9.21. The Hall–Kier alpha value is -0.570. The van der Waals surface area contributed by atoms with E-state index in [-0.39, 0.29) is 11.5 Å². The van der Waals surface area contributed by atoms with Crippen molar-refractivity contribution in [1.82, 2.24) is 0 Å². The Morgan fingerprint density at radius 3 is 2.64 bits per heavy atom. The summed E-state index contributed by atoms with van der Waals surface area (Å²) in [6, 6.07) is 0. The first-order valence-corrected chi connectivity index (χ1v) is 5.48. The number of hydrogen-bond acceptors (Lipinski definition) is 3. The van der Waals surface area contributed by atoms with E-state index in [9.17, 15) is 4.79 Å². The smallest absolute Gasteiger partial charge is 0.307 e. The molecule has 0 saturated heterocycles. The quantitative estimate of drug-likeness (QED) is 0.687. The van der Waals surface area contributed by atoms with Gasteiger partial charge in [-0.15, -0.1) is 0 Å². The Balaban J connectivity index is 2.27. The Bertz CT molecular complexity index is 197. The van der Waals surface area contributed by atoms with Crippen LogP contribution in [0.4, 0.5) is 0 Å². The molecule has 0 aromatic rings. The third kappa shape index (κ3) is 3.66. The van der Waals surface area contributed by atoms with Crippen molar-refractivity contribution >= 4 is 5.97 Å². The molecule has 1 atom stereocenters. The van der Waals surface area contributed by atoms with Gasteiger partial charge in [-0.25, -0.2) is 0 Å². The van der Waals surface area contributed by atoms with Crippen molar-refractivity contribution in [3.63, 3.8) is 0 Å². The molecule has 0 spiro atoms. The maximum atomic E-state index is 11.2. The molecule has 3 heteroatoms. The van der Waals surface area contributed by atoms with E-state index in [1.54, 1.807) is 0 Å². The molecule has 0 amide bonds. The molecule has 0 aliphatic heterocycles. The third-order valence-corrected chi connectivity index (χ3v) is 2.83. The second-order valence-electron chi connectivity index (χ2n) is 4.64. The van der Waals surface area contributed by atoms with Crippen molar-refractivity contribution in [2.24, 2.45) is 11.7 Å². The summed E-state index contributed by atoms with van der Waals surface area (Å²) in [5, 5.41) is 0. The predicted molar refractivity (Wildman–Crippen MR) is 55.8 cm³/mol. The average Bonchev–Trinajstić information content (AvgIpc) is 1.96. The van der Waals surface area contributed by atoms with E-state index in [1.165, 1.54) is 19.3 Å². The van der Waals surface area contributed by atoms with Crippen molar-refractivity contribution in [2.45, 2.75) is 51.5 Å². The number of hydrogen-bond donors (Lipinski definition) is 1. The number of carbonyl (C=O) groups is 1. The normalized spacial score (nSPS) is 21.1. The summed E-state index contributed by atoms with van der Waals surface area (Å²) in [7, 11) is 0. The van der Waals surface area contributed by atoms with E-state index >= 15 is 0 Å².